The van der Waals surface area contributed by atoms with Crippen LogP contribution in [0.25, 0.3) is 0 Å². The van der Waals surface area contributed by atoms with Gasteiger partial charge in [-0.1, -0.05) is 32.4 Å². The number of aromatic nitrogens is 2. The first-order chi connectivity index (χ1) is 8.38. The van der Waals surface area contributed by atoms with E-state index < -0.39 is 0 Å². The molecule has 1 saturated heterocycles. The first-order valence-corrected chi connectivity index (χ1v) is 7.63. The van der Waals surface area contributed by atoms with Crippen LogP contribution in [0.1, 0.15) is 38.7 Å². The Morgan fingerprint density at radius 1 is 1.39 bits per heavy atom. The molecule has 1 aromatic heterocycles. The fourth-order valence-electron chi connectivity index (χ4n) is 2.05. The summed E-state index contributed by atoms with van der Waals surface area (Å²) in [5.41, 5.74) is 1.03. The Morgan fingerprint density at radius 3 is 2.67 bits per heavy atom. The normalized spacial score (nSPS) is 20.4. The third-order valence-corrected chi connectivity index (χ3v) is 4.68. The number of rotatable bonds is 2. The molecule has 0 saturated carbocycles. The van der Waals surface area contributed by atoms with Crippen LogP contribution in [0.4, 0.5) is 0 Å². The minimum atomic E-state index is -0.00989. The van der Waals surface area contributed by atoms with E-state index >= 15 is 0 Å². The Hall–Kier alpha value is 0.0600. The van der Waals surface area contributed by atoms with Gasteiger partial charge in [-0.25, -0.2) is 9.97 Å². The highest BCUT2D eigenvalue weighted by Gasteiger charge is 2.24. The summed E-state index contributed by atoms with van der Waals surface area (Å²) in [6.07, 6.45) is 1.96. The van der Waals surface area contributed by atoms with Gasteiger partial charge in [0.25, 0.3) is 0 Å². The molecule has 1 fully saturated rings. The summed E-state index contributed by atoms with van der Waals surface area (Å²) in [5.74, 6) is 1.38. The lowest BCUT2D eigenvalue weighted by molar-refractivity contribution is 0.185. The second-order valence-electron chi connectivity index (χ2n) is 5.78. The Balaban J connectivity index is 2.28. The number of hydrogen-bond donors (Lipinski definition) is 0. The van der Waals surface area contributed by atoms with Crippen molar-refractivity contribution in [2.45, 2.75) is 39.0 Å². The maximum absolute atomic E-state index is 6.22. The topological polar surface area (TPSA) is 35.0 Å². The molecule has 5 heteroatoms. The van der Waals surface area contributed by atoms with Gasteiger partial charge in [0, 0.05) is 25.0 Å². The Morgan fingerprint density at radius 2 is 2.11 bits per heavy atom. The molecule has 1 aliphatic rings. The maximum atomic E-state index is 6.22. The van der Waals surface area contributed by atoms with E-state index in [9.17, 15) is 0 Å². The van der Waals surface area contributed by atoms with E-state index in [0.717, 1.165) is 41.1 Å². The van der Waals surface area contributed by atoms with Crippen molar-refractivity contribution in [3.63, 3.8) is 0 Å². The number of hydrogen-bond acceptors (Lipinski definition) is 3. The van der Waals surface area contributed by atoms with Crippen molar-refractivity contribution in [2.75, 3.05) is 13.2 Å². The van der Waals surface area contributed by atoms with Crippen LogP contribution in [0.15, 0.2) is 0 Å². The molecule has 2 rings (SSSR count). The molecule has 0 bridgehead atoms. The summed E-state index contributed by atoms with van der Waals surface area (Å²) in [6, 6.07) is 0. The average molecular weight is 381 g/mol. The van der Waals surface area contributed by atoms with E-state index in [1.54, 1.807) is 0 Å². The fourth-order valence-corrected chi connectivity index (χ4v) is 3.29. The second kappa shape index (κ2) is 5.59. The lowest BCUT2D eigenvalue weighted by Gasteiger charge is -2.21. The van der Waals surface area contributed by atoms with E-state index in [4.69, 9.17) is 21.3 Å². The summed E-state index contributed by atoms with van der Waals surface area (Å²) in [6.45, 7) is 8.12. The van der Waals surface area contributed by atoms with Crippen molar-refractivity contribution in [3.8, 4) is 0 Å². The molecular weight excluding hydrogens is 363 g/mol. The number of nitrogens with zero attached hydrogens (tertiary/aromatic N) is 2. The molecule has 2 heterocycles. The van der Waals surface area contributed by atoms with Crippen LogP contribution in [0.2, 0.25) is 5.15 Å². The van der Waals surface area contributed by atoms with Crippen LogP contribution in [-0.4, -0.2) is 23.2 Å². The van der Waals surface area contributed by atoms with Gasteiger partial charge < -0.3 is 4.74 Å². The van der Waals surface area contributed by atoms with Crippen LogP contribution in [-0.2, 0) is 16.6 Å². The molecule has 0 aromatic carbocycles. The standard InChI is InChI=1S/C13H18ClIN2O/c1-13(2,3)11-10(15)12(14)17-9(16-11)6-8-4-5-18-7-8/h8H,4-7H2,1-3H3. The number of ether oxygens (including phenoxy) is 1. The van der Waals surface area contributed by atoms with Gasteiger partial charge >= 0.3 is 0 Å². The zero-order valence-corrected chi connectivity index (χ0v) is 13.9. The van der Waals surface area contributed by atoms with Crippen LogP contribution in [0.5, 0.6) is 0 Å². The highest BCUT2D eigenvalue weighted by molar-refractivity contribution is 14.1. The van der Waals surface area contributed by atoms with Crippen LogP contribution in [0, 0.1) is 9.49 Å². The van der Waals surface area contributed by atoms with E-state index in [1.165, 1.54) is 0 Å². The molecule has 1 aromatic rings. The Bertz CT molecular complexity index is 439. The van der Waals surface area contributed by atoms with Gasteiger partial charge in [-0.2, -0.15) is 0 Å². The third-order valence-electron chi connectivity index (χ3n) is 3.06. The van der Waals surface area contributed by atoms with Crippen molar-refractivity contribution >= 4 is 34.2 Å². The van der Waals surface area contributed by atoms with Gasteiger partial charge in [0.05, 0.1) is 9.26 Å². The first-order valence-electron chi connectivity index (χ1n) is 6.18. The lowest BCUT2D eigenvalue weighted by Crippen LogP contribution is -2.19. The van der Waals surface area contributed by atoms with Crippen LogP contribution in [0.3, 0.4) is 0 Å². The van der Waals surface area contributed by atoms with E-state index in [2.05, 4.69) is 48.3 Å². The van der Waals surface area contributed by atoms with Crippen LogP contribution < -0.4 is 0 Å². The largest absolute Gasteiger partial charge is 0.381 e. The molecule has 18 heavy (non-hydrogen) atoms. The Kier molecular flexibility index (Phi) is 4.49. The first kappa shape index (κ1) is 14.5. The minimum Gasteiger partial charge on any atom is -0.381 e. The van der Waals surface area contributed by atoms with Crippen LogP contribution >= 0.6 is 34.2 Å². The van der Waals surface area contributed by atoms with E-state index in [-0.39, 0.29) is 5.41 Å². The zero-order valence-electron chi connectivity index (χ0n) is 11.0. The summed E-state index contributed by atoms with van der Waals surface area (Å²) >= 11 is 8.45. The van der Waals surface area contributed by atoms with Crippen molar-refractivity contribution in [1.29, 1.82) is 0 Å². The summed E-state index contributed by atoms with van der Waals surface area (Å²) in [4.78, 5) is 9.11. The van der Waals surface area contributed by atoms with Gasteiger partial charge in [-0.3, -0.25) is 0 Å². The summed E-state index contributed by atoms with van der Waals surface area (Å²) in [5, 5.41) is 0.574. The predicted octanol–water partition coefficient (Wildman–Crippen LogP) is 3.61. The predicted molar refractivity (Wildman–Crippen MR) is 81.1 cm³/mol. The van der Waals surface area contributed by atoms with Gasteiger partial charge in [-0.15, -0.1) is 0 Å². The molecular formula is C13H18ClIN2O. The smallest absolute Gasteiger partial charge is 0.146 e. The fraction of sp³-hybridized carbons (Fsp3) is 0.692. The molecule has 0 amide bonds. The Labute approximate surface area is 127 Å². The number of halogens is 2. The monoisotopic (exact) mass is 380 g/mol. The van der Waals surface area contributed by atoms with Crippen molar-refractivity contribution in [3.05, 3.63) is 20.2 Å². The molecule has 0 spiro atoms. The summed E-state index contributed by atoms with van der Waals surface area (Å²) < 4.78 is 6.36. The van der Waals surface area contributed by atoms with Gasteiger partial charge in [0.2, 0.25) is 0 Å². The van der Waals surface area contributed by atoms with Gasteiger partial charge in [-0.05, 0) is 34.9 Å². The van der Waals surface area contributed by atoms with E-state index in [0.29, 0.717) is 11.1 Å². The van der Waals surface area contributed by atoms with Crippen molar-refractivity contribution in [1.82, 2.24) is 9.97 Å². The highest BCUT2D eigenvalue weighted by atomic mass is 127. The molecule has 0 radical (unpaired) electrons. The minimum absolute atomic E-state index is 0.00989. The van der Waals surface area contributed by atoms with E-state index in [1.807, 2.05) is 0 Å². The molecule has 1 unspecified atom stereocenters. The third kappa shape index (κ3) is 3.33. The molecule has 0 aliphatic carbocycles. The lowest BCUT2D eigenvalue weighted by atomic mass is 9.92. The van der Waals surface area contributed by atoms with Crippen molar-refractivity contribution in [2.24, 2.45) is 5.92 Å². The molecule has 0 N–H and O–H groups in total. The quantitative estimate of drug-likeness (QED) is 0.581. The molecule has 1 atom stereocenters. The van der Waals surface area contributed by atoms with Crippen molar-refractivity contribution < 1.29 is 4.74 Å². The molecule has 1 aliphatic heterocycles. The average Bonchev–Trinajstić information content (AvgIpc) is 2.74. The van der Waals surface area contributed by atoms with Gasteiger partial charge in [0.1, 0.15) is 11.0 Å². The molecule has 3 nitrogen and oxygen atoms in total. The maximum Gasteiger partial charge on any atom is 0.146 e. The zero-order chi connectivity index (χ0) is 13.3. The SMILES string of the molecule is CC(C)(C)c1nc(CC2CCOC2)nc(Cl)c1I. The summed E-state index contributed by atoms with van der Waals surface area (Å²) in [7, 11) is 0. The second-order valence-corrected chi connectivity index (χ2v) is 7.21. The van der Waals surface area contributed by atoms with Gasteiger partial charge in [0.15, 0.2) is 0 Å². The highest BCUT2D eigenvalue weighted by Crippen LogP contribution is 2.30. The molecule has 100 valence electrons.